The molecule has 1 aromatic rings. The number of aromatic nitrogens is 2. The fourth-order valence-electron chi connectivity index (χ4n) is 1.84. The number of nitrogen functional groups attached to an aromatic ring is 2. The van der Waals surface area contributed by atoms with Gasteiger partial charge in [0.15, 0.2) is 0 Å². The van der Waals surface area contributed by atoms with E-state index >= 15 is 0 Å². The van der Waals surface area contributed by atoms with Crippen LogP contribution in [0.1, 0.15) is 57.5 Å². The molecule has 4 heteroatoms. The van der Waals surface area contributed by atoms with Gasteiger partial charge in [0.1, 0.15) is 11.6 Å². The van der Waals surface area contributed by atoms with Gasteiger partial charge in [-0.25, -0.2) is 9.66 Å². The Balaban J connectivity index is 2.93. The number of anilines is 1. The molecule has 4 N–H and O–H groups in total. The van der Waals surface area contributed by atoms with Crippen molar-refractivity contribution in [3.8, 4) is 0 Å². The van der Waals surface area contributed by atoms with E-state index in [2.05, 4.69) is 25.8 Å². The summed E-state index contributed by atoms with van der Waals surface area (Å²) in [4.78, 5) is 4.53. The molecular weight excluding hydrogens is 188 g/mol. The van der Waals surface area contributed by atoms with Gasteiger partial charge in [-0.1, -0.05) is 27.2 Å². The lowest BCUT2D eigenvalue weighted by atomic mass is 10.0. The van der Waals surface area contributed by atoms with Crippen molar-refractivity contribution in [2.45, 2.75) is 52.4 Å². The first-order chi connectivity index (χ1) is 7.11. The molecule has 86 valence electrons. The summed E-state index contributed by atoms with van der Waals surface area (Å²) in [5, 5.41) is 0. The molecule has 0 saturated carbocycles. The van der Waals surface area contributed by atoms with Crippen molar-refractivity contribution in [3.05, 3.63) is 11.5 Å². The van der Waals surface area contributed by atoms with Crippen molar-refractivity contribution in [1.29, 1.82) is 0 Å². The third-order valence-electron chi connectivity index (χ3n) is 2.71. The van der Waals surface area contributed by atoms with E-state index < -0.39 is 0 Å². The van der Waals surface area contributed by atoms with Crippen LogP contribution in [0.15, 0.2) is 0 Å². The zero-order chi connectivity index (χ0) is 11.4. The summed E-state index contributed by atoms with van der Waals surface area (Å²) in [7, 11) is 0. The number of hydrogen-bond donors (Lipinski definition) is 2. The van der Waals surface area contributed by atoms with Gasteiger partial charge in [-0.05, 0) is 12.8 Å². The third-order valence-corrected chi connectivity index (χ3v) is 2.71. The Labute approximate surface area is 91.6 Å². The zero-order valence-electron chi connectivity index (χ0n) is 9.95. The molecule has 0 aliphatic heterocycles. The highest BCUT2D eigenvalue weighted by molar-refractivity contribution is 5.40. The normalized spacial score (nSPS) is 13.0. The van der Waals surface area contributed by atoms with E-state index in [0.717, 1.165) is 37.2 Å². The maximum Gasteiger partial charge on any atom is 0.146 e. The van der Waals surface area contributed by atoms with E-state index in [9.17, 15) is 0 Å². The molecule has 0 bridgehead atoms. The fourth-order valence-corrected chi connectivity index (χ4v) is 1.84. The highest BCUT2D eigenvalue weighted by Crippen LogP contribution is 2.25. The molecule has 1 unspecified atom stereocenters. The molecule has 1 aromatic heterocycles. The summed E-state index contributed by atoms with van der Waals surface area (Å²) < 4.78 is 1.53. The standard InChI is InChI=1S/C11H22N4/c1-4-6-8(3)10-11(12)15(13)9(14-10)7-5-2/h8H,4-7,12-13H2,1-3H3. The molecule has 1 atom stereocenters. The number of hydrogen-bond acceptors (Lipinski definition) is 3. The average Bonchev–Trinajstić information content (AvgIpc) is 2.47. The summed E-state index contributed by atoms with van der Waals surface area (Å²) in [6.45, 7) is 6.43. The lowest BCUT2D eigenvalue weighted by molar-refractivity contribution is 0.650. The minimum absolute atomic E-state index is 0.399. The summed E-state index contributed by atoms with van der Waals surface area (Å²) in [6.07, 6.45) is 4.17. The zero-order valence-corrected chi connectivity index (χ0v) is 9.95. The van der Waals surface area contributed by atoms with Crippen LogP contribution in [-0.2, 0) is 6.42 Å². The first kappa shape index (κ1) is 11.9. The highest BCUT2D eigenvalue weighted by Gasteiger charge is 2.16. The molecule has 0 radical (unpaired) electrons. The van der Waals surface area contributed by atoms with Gasteiger partial charge in [0.05, 0.1) is 5.69 Å². The number of nitrogens with zero attached hydrogens (tertiary/aromatic N) is 2. The second-order valence-corrected chi connectivity index (χ2v) is 4.11. The van der Waals surface area contributed by atoms with Gasteiger partial charge < -0.3 is 11.6 Å². The van der Waals surface area contributed by atoms with Crippen LogP contribution in [0.25, 0.3) is 0 Å². The van der Waals surface area contributed by atoms with E-state index in [1.165, 1.54) is 4.68 Å². The minimum Gasteiger partial charge on any atom is -0.382 e. The second-order valence-electron chi connectivity index (χ2n) is 4.11. The van der Waals surface area contributed by atoms with E-state index in [0.29, 0.717) is 11.7 Å². The average molecular weight is 210 g/mol. The first-order valence-corrected chi connectivity index (χ1v) is 5.73. The number of rotatable bonds is 5. The van der Waals surface area contributed by atoms with Crippen LogP contribution in [0.5, 0.6) is 0 Å². The quantitative estimate of drug-likeness (QED) is 0.731. The largest absolute Gasteiger partial charge is 0.382 e. The Morgan fingerprint density at radius 1 is 1.33 bits per heavy atom. The Morgan fingerprint density at radius 3 is 2.53 bits per heavy atom. The van der Waals surface area contributed by atoms with Crippen molar-refractivity contribution < 1.29 is 0 Å². The van der Waals surface area contributed by atoms with E-state index in [1.807, 2.05) is 0 Å². The number of imidazole rings is 1. The predicted molar refractivity (Wildman–Crippen MR) is 64.1 cm³/mol. The van der Waals surface area contributed by atoms with Gasteiger partial charge in [0, 0.05) is 12.3 Å². The Morgan fingerprint density at radius 2 is 2.00 bits per heavy atom. The number of nitrogens with two attached hydrogens (primary N) is 2. The maximum atomic E-state index is 5.94. The van der Waals surface area contributed by atoms with E-state index in [-0.39, 0.29) is 0 Å². The second kappa shape index (κ2) is 5.05. The Bertz CT molecular complexity index is 317. The molecule has 0 fully saturated rings. The third kappa shape index (κ3) is 2.43. The van der Waals surface area contributed by atoms with Crippen molar-refractivity contribution in [1.82, 2.24) is 9.66 Å². The molecule has 0 saturated heterocycles. The molecule has 0 aliphatic carbocycles. The highest BCUT2D eigenvalue weighted by atomic mass is 15.4. The summed E-state index contributed by atoms with van der Waals surface area (Å²) in [6, 6.07) is 0. The van der Waals surface area contributed by atoms with Gasteiger partial charge in [0.2, 0.25) is 0 Å². The minimum atomic E-state index is 0.399. The van der Waals surface area contributed by atoms with Crippen LogP contribution in [0.2, 0.25) is 0 Å². The van der Waals surface area contributed by atoms with Crippen LogP contribution < -0.4 is 11.6 Å². The van der Waals surface area contributed by atoms with Gasteiger partial charge >= 0.3 is 0 Å². The van der Waals surface area contributed by atoms with Crippen molar-refractivity contribution >= 4 is 5.82 Å². The maximum absolute atomic E-state index is 5.94. The fraction of sp³-hybridized carbons (Fsp3) is 0.727. The van der Waals surface area contributed by atoms with E-state index in [4.69, 9.17) is 11.6 Å². The first-order valence-electron chi connectivity index (χ1n) is 5.73. The predicted octanol–water partition coefficient (Wildman–Crippen LogP) is 2.04. The molecule has 15 heavy (non-hydrogen) atoms. The lowest BCUT2D eigenvalue weighted by Gasteiger charge is -2.07. The van der Waals surface area contributed by atoms with Crippen LogP contribution in [0, 0.1) is 0 Å². The SMILES string of the molecule is CCCc1nc(C(C)CCC)c(N)n1N. The smallest absolute Gasteiger partial charge is 0.146 e. The molecule has 1 rings (SSSR count). The molecule has 0 amide bonds. The molecular formula is C11H22N4. The Hall–Kier alpha value is -1.19. The van der Waals surface area contributed by atoms with Gasteiger partial charge in [0.25, 0.3) is 0 Å². The molecule has 4 nitrogen and oxygen atoms in total. The lowest BCUT2D eigenvalue weighted by Crippen LogP contribution is -2.15. The molecule has 0 aliphatic rings. The van der Waals surface area contributed by atoms with E-state index in [1.54, 1.807) is 0 Å². The van der Waals surface area contributed by atoms with Crippen LogP contribution in [0.4, 0.5) is 5.82 Å². The number of aryl methyl sites for hydroxylation is 1. The monoisotopic (exact) mass is 210 g/mol. The molecule has 0 aromatic carbocycles. The van der Waals surface area contributed by atoms with Crippen LogP contribution in [0.3, 0.4) is 0 Å². The van der Waals surface area contributed by atoms with Crippen LogP contribution >= 0.6 is 0 Å². The summed E-state index contributed by atoms with van der Waals surface area (Å²) in [5.74, 6) is 7.77. The van der Waals surface area contributed by atoms with Crippen molar-refractivity contribution in [3.63, 3.8) is 0 Å². The topological polar surface area (TPSA) is 69.9 Å². The van der Waals surface area contributed by atoms with Gasteiger partial charge in [-0.3, -0.25) is 0 Å². The van der Waals surface area contributed by atoms with Gasteiger partial charge in [-0.15, -0.1) is 0 Å². The van der Waals surface area contributed by atoms with Crippen molar-refractivity contribution in [2.75, 3.05) is 11.6 Å². The summed E-state index contributed by atoms with van der Waals surface area (Å²) in [5.41, 5.74) is 6.90. The molecule has 0 spiro atoms. The van der Waals surface area contributed by atoms with Crippen LogP contribution in [-0.4, -0.2) is 9.66 Å². The van der Waals surface area contributed by atoms with Gasteiger partial charge in [-0.2, -0.15) is 0 Å². The molecule has 1 heterocycles. The Kier molecular flexibility index (Phi) is 4.00. The van der Waals surface area contributed by atoms with Crippen molar-refractivity contribution in [2.24, 2.45) is 0 Å². The summed E-state index contributed by atoms with van der Waals surface area (Å²) >= 11 is 0.